The Morgan fingerprint density at radius 2 is 0.938 bits per heavy atom. The molecular formula is C14H30O2. The van der Waals surface area contributed by atoms with Crippen LogP contribution in [0.3, 0.4) is 0 Å². The van der Waals surface area contributed by atoms with Gasteiger partial charge in [-0.2, -0.15) is 0 Å². The molecule has 0 heterocycles. The third-order valence-electron chi connectivity index (χ3n) is 3.37. The first kappa shape index (κ1) is 15.9. The molecule has 0 aliphatic carbocycles. The van der Waals surface area contributed by atoms with Crippen LogP contribution in [0.4, 0.5) is 0 Å². The molecule has 16 heavy (non-hydrogen) atoms. The maximum Gasteiger partial charge on any atom is 0.0462 e. The molecule has 0 aromatic heterocycles. The molecule has 0 aliphatic rings. The quantitative estimate of drug-likeness (QED) is 0.639. The zero-order valence-electron chi connectivity index (χ0n) is 11.4. The van der Waals surface area contributed by atoms with Crippen LogP contribution in [0.15, 0.2) is 0 Å². The van der Waals surface area contributed by atoms with Crippen LogP contribution in [-0.4, -0.2) is 23.4 Å². The largest absolute Gasteiger partial charge is 0.396 e. The van der Waals surface area contributed by atoms with Gasteiger partial charge in [0.05, 0.1) is 0 Å². The SMILES string of the molecule is CC(C)CCC(CO)C(CO)CCC(C)C. The van der Waals surface area contributed by atoms with Crippen LogP contribution in [0.25, 0.3) is 0 Å². The Labute approximate surface area is 101 Å². The fourth-order valence-corrected chi connectivity index (χ4v) is 2.05. The second kappa shape index (κ2) is 9.00. The molecule has 0 spiro atoms. The highest BCUT2D eigenvalue weighted by molar-refractivity contribution is 4.70. The molecule has 2 nitrogen and oxygen atoms in total. The average Bonchev–Trinajstić information content (AvgIpc) is 2.22. The summed E-state index contributed by atoms with van der Waals surface area (Å²) in [5.74, 6) is 1.93. The van der Waals surface area contributed by atoms with E-state index in [0.717, 1.165) is 25.7 Å². The molecule has 2 N–H and O–H groups in total. The van der Waals surface area contributed by atoms with Gasteiger partial charge in [-0.25, -0.2) is 0 Å². The second-order valence-corrected chi connectivity index (χ2v) is 5.83. The van der Waals surface area contributed by atoms with Crippen LogP contribution >= 0.6 is 0 Å². The van der Waals surface area contributed by atoms with Crippen LogP contribution in [-0.2, 0) is 0 Å². The third kappa shape index (κ3) is 7.24. The Morgan fingerprint density at radius 1 is 0.625 bits per heavy atom. The maximum atomic E-state index is 9.39. The molecule has 0 saturated heterocycles. The first-order chi connectivity index (χ1) is 7.51. The van der Waals surface area contributed by atoms with Gasteiger partial charge in [0, 0.05) is 13.2 Å². The fraction of sp³-hybridized carbons (Fsp3) is 1.00. The van der Waals surface area contributed by atoms with Crippen LogP contribution in [0.2, 0.25) is 0 Å². The first-order valence-electron chi connectivity index (χ1n) is 6.72. The normalized spacial score (nSPS) is 15.8. The minimum atomic E-state index is 0.218. The van der Waals surface area contributed by atoms with Crippen molar-refractivity contribution in [3.8, 4) is 0 Å². The Morgan fingerprint density at radius 3 is 1.12 bits per heavy atom. The molecule has 0 aliphatic heterocycles. The van der Waals surface area contributed by atoms with Gasteiger partial charge < -0.3 is 10.2 Å². The Bertz CT molecular complexity index is 137. The molecule has 0 radical (unpaired) electrons. The van der Waals surface area contributed by atoms with Crippen molar-refractivity contribution in [2.24, 2.45) is 23.7 Å². The van der Waals surface area contributed by atoms with E-state index in [1.807, 2.05) is 0 Å². The van der Waals surface area contributed by atoms with Crippen LogP contribution < -0.4 is 0 Å². The minimum absolute atomic E-state index is 0.218. The number of rotatable bonds is 9. The van der Waals surface area contributed by atoms with E-state index in [-0.39, 0.29) is 25.0 Å². The van der Waals surface area contributed by atoms with Crippen LogP contribution in [0.1, 0.15) is 53.4 Å². The molecular weight excluding hydrogens is 200 g/mol. The van der Waals surface area contributed by atoms with Gasteiger partial charge in [-0.05, 0) is 36.5 Å². The summed E-state index contributed by atoms with van der Waals surface area (Å²) in [4.78, 5) is 0. The van der Waals surface area contributed by atoms with Crippen molar-refractivity contribution in [3.63, 3.8) is 0 Å². The summed E-state index contributed by atoms with van der Waals surface area (Å²) in [5, 5.41) is 18.8. The van der Waals surface area contributed by atoms with E-state index >= 15 is 0 Å². The molecule has 0 rings (SSSR count). The molecule has 2 unspecified atom stereocenters. The van der Waals surface area contributed by atoms with E-state index in [1.165, 1.54) is 0 Å². The van der Waals surface area contributed by atoms with Crippen molar-refractivity contribution < 1.29 is 10.2 Å². The predicted molar refractivity (Wildman–Crippen MR) is 69.3 cm³/mol. The van der Waals surface area contributed by atoms with E-state index in [4.69, 9.17) is 0 Å². The van der Waals surface area contributed by atoms with E-state index in [9.17, 15) is 10.2 Å². The first-order valence-corrected chi connectivity index (χ1v) is 6.72. The summed E-state index contributed by atoms with van der Waals surface area (Å²) in [6, 6.07) is 0. The van der Waals surface area contributed by atoms with E-state index in [0.29, 0.717) is 11.8 Å². The van der Waals surface area contributed by atoms with Gasteiger partial charge >= 0.3 is 0 Å². The molecule has 0 amide bonds. The number of hydrogen-bond donors (Lipinski definition) is 2. The summed E-state index contributed by atoms with van der Waals surface area (Å²) in [5.41, 5.74) is 0. The van der Waals surface area contributed by atoms with Gasteiger partial charge in [-0.3, -0.25) is 0 Å². The third-order valence-corrected chi connectivity index (χ3v) is 3.37. The van der Waals surface area contributed by atoms with Gasteiger partial charge in [0.15, 0.2) is 0 Å². The average molecular weight is 230 g/mol. The highest BCUT2D eigenvalue weighted by Gasteiger charge is 2.20. The lowest BCUT2D eigenvalue weighted by Crippen LogP contribution is -2.23. The topological polar surface area (TPSA) is 40.5 Å². The molecule has 0 aromatic rings. The molecule has 0 fully saturated rings. The highest BCUT2D eigenvalue weighted by Crippen LogP contribution is 2.25. The summed E-state index contributed by atoms with van der Waals surface area (Å²) in [7, 11) is 0. The van der Waals surface area contributed by atoms with Crippen LogP contribution in [0, 0.1) is 23.7 Å². The molecule has 2 atom stereocenters. The number of aliphatic hydroxyl groups is 2. The molecule has 0 aromatic carbocycles. The van der Waals surface area contributed by atoms with Crippen molar-refractivity contribution in [1.82, 2.24) is 0 Å². The van der Waals surface area contributed by atoms with Gasteiger partial charge in [0.2, 0.25) is 0 Å². The minimum Gasteiger partial charge on any atom is -0.396 e. The maximum absolute atomic E-state index is 9.39. The van der Waals surface area contributed by atoms with Crippen molar-refractivity contribution in [3.05, 3.63) is 0 Å². The van der Waals surface area contributed by atoms with Crippen molar-refractivity contribution in [1.29, 1.82) is 0 Å². The lowest BCUT2D eigenvalue weighted by Gasteiger charge is -2.25. The van der Waals surface area contributed by atoms with Crippen molar-refractivity contribution in [2.45, 2.75) is 53.4 Å². The van der Waals surface area contributed by atoms with E-state index in [1.54, 1.807) is 0 Å². The zero-order chi connectivity index (χ0) is 12.6. The fourth-order valence-electron chi connectivity index (χ4n) is 2.05. The summed E-state index contributed by atoms with van der Waals surface area (Å²) in [6.07, 6.45) is 4.36. The second-order valence-electron chi connectivity index (χ2n) is 5.83. The molecule has 0 bridgehead atoms. The standard InChI is InChI=1S/C14H30O2/c1-11(2)5-7-13(9-15)14(10-16)8-6-12(3)4/h11-16H,5-10H2,1-4H3. The lowest BCUT2D eigenvalue weighted by molar-refractivity contribution is 0.101. The molecule has 0 saturated carbocycles. The summed E-state index contributed by atoms with van der Waals surface area (Å²) in [6.45, 7) is 9.26. The monoisotopic (exact) mass is 230 g/mol. The van der Waals surface area contributed by atoms with Gasteiger partial charge in [0.1, 0.15) is 0 Å². The van der Waals surface area contributed by atoms with Crippen molar-refractivity contribution >= 4 is 0 Å². The zero-order valence-corrected chi connectivity index (χ0v) is 11.4. The van der Waals surface area contributed by atoms with Gasteiger partial charge in [0.25, 0.3) is 0 Å². The van der Waals surface area contributed by atoms with E-state index < -0.39 is 0 Å². The summed E-state index contributed by atoms with van der Waals surface area (Å²) >= 11 is 0. The molecule has 98 valence electrons. The smallest absolute Gasteiger partial charge is 0.0462 e. The highest BCUT2D eigenvalue weighted by atomic mass is 16.3. The summed E-state index contributed by atoms with van der Waals surface area (Å²) < 4.78 is 0. The molecule has 2 heteroatoms. The van der Waals surface area contributed by atoms with Crippen molar-refractivity contribution in [2.75, 3.05) is 13.2 Å². The van der Waals surface area contributed by atoms with Crippen LogP contribution in [0.5, 0.6) is 0 Å². The van der Waals surface area contributed by atoms with Gasteiger partial charge in [-0.15, -0.1) is 0 Å². The Balaban J connectivity index is 4.05. The number of hydrogen-bond acceptors (Lipinski definition) is 2. The Kier molecular flexibility index (Phi) is 8.96. The van der Waals surface area contributed by atoms with Gasteiger partial charge in [-0.1, -0.05) is 40.5 Å². The number of aliphatic hydroxyl groups excluding tert-OH is 2. The van der Waals surface area contributed by atoms with E-state index in [2.05, 4.69) is 27.7 Å². The Hall–Kier alpha value is -0.0800. The predicted octanol–water partition coefficient (Wildman–Crippen LogP) is 3.08. The lowest BCUT2D eigenvalue weighted by atomic mass is 9.83.